The van der Waals surface area contributed by atoms with Crippen LogP contribution in [0.15, 0.2) is 51.2 Å². The van der Waals surface area contributed by atoms with Gasteiger partial charge in [0, 0.05) is 24.0 Å². The third-order valence-corrected chi connectivity index (χ3v) is 5.39. The van der Waals surface area contributed by atoms with E-state index in [0.717, 1.165) is 23.0 Å². The second-order valence-corrected chi connectivity index (χ2v) is 7.90. The predicted molar refractivity (Wildman–Crippen MR) is 97.8 cm³/mol. The Morgan fingerprint density at radius 1 is 1.24 bits per heavy atom. The summed E-state index contributed by atoms with van der Waals surface area (Å²) in [6, 6.07) is 9.56. The van der Waals surface area contributed by atoms with E-state index in [4.69, 9.17) is 4.42 Å². The molecule has 4 aromatic heterocycles. The summed E-state index contributed by atoms with van der Waals surface area (Å²) in [5.74, 6) is 0.892. The molecule has 0 aliphatic carbocycles. The fraction of sp³-hybridized carbons (Fsp3) is 0.235. The summed E-state index contributed by atoms with van der Waals surface area (Å²) >= 11 is 3.14. The first-order chi connectivity index (χ1) is 12.2. The van der Waals surface area contributed by atoms with Gasteiger partial charge in [-0.05, 0) is 30.5 Å². The Bertz CT molecular complexity index is 983. The minimum atomic E-state index is -0.140. The van der Waals surface area contributed by atoms with Crippen LogP contribution >= 0.6 is 22.7 Å². The van der Waals surface area contributed by atoms with Crippen molar-refractivity contribution in [3.63, 3.8) is 0 Å². The number of fused-ring (bicyclic) bond motifs is 1. The van der Waals surface area contributed by atoms with E-state index in [0.29, 0.717) is 18.1 Å². The van der Waals surface area contributed by atoms with Crippen molar-refractivity contribution < 1.29 is 4.42 Å². The van der Waals surface area contributed by atoms with Crippen LogP contribution in [0.2, 0.25) is 0 Å². The maximum Gasteiger partial charge on any atom is 0.275 e. The van der Waals surface area contributed by atoms with Gasteiger partial charge in [-0.2, -0.15) is 9.61 Å². The molecule has 0 saturated carbocycles. The molecule has 0 spiro atoms. The summed E-state index contributed by atoms with van der Waals surface area (Å²) in [6.45, 7) is 3.88. The topological polar surface area (TPSA) is 63.6 Å². The SMILES string of the molecule is Cc1nn2c(=O)cc(CN(Cc3ccco3)Cc3cccs3)nc2s1. The maximum atomic E-state index is 12.3. The molecule has 0 amide bonds. The summed E-state index contributed by atoms with van der Waals surface area (Å²) in [4.78, 5) is 21.0. The van der Waals surface area contributed by atoms with Crippen LogP contribution in [0.1, 0.15) is 21.3 Å². The van der Waals surface area contributed by atoms with E-state index in [1.165, 1.54) is 20.7 Å². The van der Waals surface area contributed by atoms with Crippen LogP contribution in [0, 0.1) is 6.92 Å². The molecule has 4 heterocycles. The van der Waals surface area contributed by atoms with E-state index in [9.17, 15) is 4.79 Å². The summed E-state index contributed by atoms with van der Waals surface area (Å²) in [6.07, 6.45) is 1.68. The molecule has 0 aromatic carbocycles. The van der Waals surface area contributed by atoms with Crippen molar-refractivity contribution in [3.05, 3.63) is 73.7 Å². The molecule has 6 nitrogen and oxygen atoms in total. The lowest BCUT2D eigenvalue weighted by atomic mass is 10.3. The molecule has 0 atom stereocenters. The van der Waals surface area contributed by atoms with Gasteiger partial charge in [-0.3, -0.25) is 9.69 Å². The molecule has 4 aromatic rings. The molecule has 0 unspecified atom stereocenters. The second-order valence-electron chi connectivity index (χ2n) is 5.71. The van der Waals surface area contributed by atoms with Gasteiger partial charge in [0.2, 0.25) is 4.96 Å². The van der Waals surface area contributed by atoms with Crippen LogP contribution < -0.4 is 5.56 Å². The van der Waals surface area contributed by atoms with Crippen molar-refractivity contribution in [2.45, 2.75) is 26.6 Å². The van der Waals surface area contributed by atoms with Crippen LogP contribution in [0.4, 0.5) is 0 Å². The second kappa shape index (κ2) is 6.91. The Balaban J connectivity index is 1.61. The number of aromatic nitrogens is 3. The van der Waals surface area contributed by atoms with Gasteiger partial charge in [0.1, 0.15) is 10.8 Å². The first-order valence-electron chi connectivity index (χ1n) is 7.81. The molecule has 0 aliphatic heterocycles. The molecule has 4 rings (SSSR count). The molecule has 0 radical (unpaired) electrons. The number of hydrogen-bond acceptors (Lipinski definition) is 7. The first kappa shape index (κ1) is 16.2. The fourth-order valence-corrected chi connectivity index (χ4v) is 4.19. The fourth-order valence-electron chi connectivity index (χ4n) is 2.68. The van der Waals surface area contributed by atoms with E-state index in [2.05, 4.69) is 26.4 Å². The van der Waals surface area contributed by atoms with Gasteiger partial charge in [-0.1, -0.05) is 17.4 Å². The third kappa shape index (κ3) is 3.71. The van der Waals surface area contributed by atoms with Crippen LogP contribution in [-0.2, 0) is 19.6 Å². The number of aryl methyl sites for hydroxylation is 1. The van der Waals surface area contributed by atoms with Gasteiger partial charge in [0.15, 0.2) is 0 Å². The maximum absolute atomic E-state index is 12.3. The van der Waals surface area contributed by atoms with Crippen LogP contribution in [0.5, 0.6) is 0 Å². The summed E-state index contributed by atoms with van der Waals surface area (Å²) in [7, 11) is 0. The first-order valence-corrected chi connectivity index (χ1v) is 9.50. The molecule has 0 bridgehead atoms. The Morgan fingerprint density at radius 2 is 2.16 bits per heavy atom. The smallest absolute Gasteiger partial charge is 0.275 e. The predicted octanol–water partition coefficient (Wildman–Crippen LogP) is 3.32. The Morgan fingerprint density at radius 3 is 2.92 bits per heavy atom. The number of thiophene rings is 1. The highest BCUT2D eigenvalue weighted by Gasteiger charge is 2.14. The van der Waals surface area contributed by atoms with Gasteiger partial charge < -0.3 is 4.42 Å². The molecular formula is C17H16N4O2S2. The molecule has 0 aliphatic rings. The third-order valence-electron chi connectivity index (χ3n) is 3.70. The van der Waals surface area contributed by atoms with Crippen molar-refractivity contribution in [2.75, 3.05) is 0 Å². The van der Waals surface area contributed by atoms with Crippen molar-refractivity contribution in [3.8, 4) is 0 Å². The number of nitrogens with zero attached hydrogens (tertiary/aromatic N) is 4. The monoisotopic (exact) mass is 372 g/mol. The van der Waals surface area contributed by atoms with Crippen LogP contribution in [0.25, 0.3) is 4.96 Å². The zero-order valence-corrected chi connectivity index (χ0v) is 15.2. The summed E-state index contributed by atoms with van der Waals surface area (Å²) < 4.78 is 6.85. The highest BCUT2D eigenvalue weighted by Crippen LogP contribution is 2.17. The number of hydrogen-bond donors (Lipinski definition) is 0. The van der Waals surface area contributed by atoms with Gasteiger partial charge >= 0.3 is 0 Å². The van der Waals surface area contributed by atoms with Crippen LogP contribution in [0.3, 0.4) is 0 Å². The van der Waals surface area contributed by atoms with Gasteiger partial charge in [0.25, 0.3) is 5.56 Å². The van der Waals surface area contributed by atoms with Crippen molar-refractivity contribution >= 4 is 27.6 Å². The normalized spacial score (nSPS) is 11.6. The van der Waals surface area contributed by atoms with E-state index in [1.807, 2.05) is 25.1 Å². The summed E-state index contributed by atoms with van der Waals surface area (Å²) in [5, 5.41) is 7.08. The molecule has 128 valence electrons. The largest absolute Gasteiger partial charge is 0.468 e. The lowest BCUT2D eigenvalue weighted by Gasteiger charge is -2.20. The lowest BCUT2D eigenvalue weighted by molar-refractivity contribution is 0.226. The average molecular weight is 372 g/mol. The molecule has 0 N–H and O–H groups in total. The van der Waals surface area contributed by atoms with Gasteiger partial charge in [0.05, 0.1) is 18.5 Å². The quantitative estimate of drug-likeness (QED) is 0.519. The zero-order chi connectivity index (χ0) is 17.2. The molecule has 25 heavy (non-hydrogen) atoms. The van der Waals surface area contributed by atoms with E-state index >= 15 is 0 Å². The van der Waals surface area contributed by atoms with E-state index in [-0.39, 0.29) is 5.56 Å². The molecule has 0 saturated heterocycles. The Hall–Kier alpha value is -2.29. The minimum absolute atomic E-state index is 0.140. The number of furan rings is 1. The highest BCUT2D eigenvalue weighted by atomic mass is 32.1. The Kier molecular flexibility index (Phi) is 4.48. The van der Waals surface area contributed by atoms with Gasteiger partial charge in [-0.25, -0.2) is 4.98 Å². The minimum Gasteiger partial charge on any atom is -0.468 e. The lowest BCUT2D eigenvalue weighted by Crippen LogP contribution is -2.24. The Labute approximate surface area is 152 Å². The van der Waals surface area contributed by atoms with E-state index < -0.39 is 0 Å². The van der Waals surface area contributed by atoms with Crippen molar-refractivity contribution in [2.24, 2.45) is 0 Å². The molecular weight excluding hydrogens is 356 g/mol. The summed E-state index contributed by atoms with van der Waals surface area (Å²) in [5.41, 5.74) is 0.607. The molecule has 8 heteroatoms. The van der Waals surface area contributed by atoms with E-state index in [1.54, 1.807) is 23.7 Å². The van der Waals surface area contributed by atoms with Crippen molar-refractivity contribution in [1.29, 1.82) is 0 Å². The zero-order valence-electron chi connectivity index (χ0n) is 13.6. The molecule has 0 fully saturated rings. The average Bonchev–Trinajstić information content (AvgIpc) is 3.29. The van der Waals surface area contributed by atoms with Crippen LogP contribution in [-0.4, -0.2) is 19.5 Å². The highest BCUT2D eigenvalue weighted by molar-refractivity contribution is 7.16. The number of rotatable bonds is 6. The van der Waals surface area contributed by atoms with Crippen molar-refractivity contribution in [1.82, 2.24) is 19.5 Å². The van der Waals surface area contributed by atoms with Gasteiger partial charge in [-0.15, -0.1) is 11.3 Å². The standard InChI is InChI=1S/C17H16N4O2S2/c1-12-19-21-16(22)8-13(18-17(21)25-12)9-20(10-14-4-2-6-23-14)11-15-5-3-7-24-15/h2-8H,9-11H2,1H3.